The van der Waals surface area contributed by atoms with Gasteiger partial charge in [-0.3, -0.25) is 9.59 Å². The molecule has 0 bridgehead atoms. The van der Waals surface area contributed by atoms with Crippen LogP contribution >= 0.6 is 15.9 Å². The average Bonchev–Trinajstić information content (AvgIpc) is 3.65. The van der Waals surface area contributed by atoms with Gasteiger partial charge in [-0.25, -0.2) is 0 Å². The number of amides is 2. The highest BCUT2D eigenvalue weighted by atomic mass is 79.9. The van der Waals surface area contributed by atoms with Crippen LogP contribution < -0.4 is 5.32 Å². The van der Waals surface area contributed by atoms with Gasteiger partial charge in [0.2, 0.25) is 5.91 Å². The number of halogens is 1. The van der Waals surface area contributed by atoms with E-state index in [9.17, 15) is 9.59 Å². The smallest absolute Gasteiger partial charge is 0.254 e. The Hall–Kier alpha value is -2.96. The number of unbranched alkanes of at least 4 members (excludes halogenated alkanes) is 1. The number of benzene rings is 3. The molecule has 0 aliphatic carbocycles. The molecule has 1 aliphatic rings. The third-order valence-electron chi connectivity index (χ3n) is 5.96. The van der Waals surface area contributed by atoms with Gasteiger partial charge in [-0.15, -0.1) is 0 Å². The summed E-state index contributed by atoms with van der Waals surface area (Å²) in [5.74, 6) is -0.380. The Morgan fingerprint density at radius 2 is 1.62 bits per heavy atom. The maximum atomic E-state index is 13.7. The van der Waals surface area contributed by atoms with E-state index in [1.165, 1.54) is 0 Å². The number of hydrogen-bond donors (Lipinski definition) is 1. The molecule has 3 aromatic rings. The van der Waals surface area contributed by atoms with Crippen molar-refractivity contribution in [3.8, 4) is 0 Å². The highest BCUT2D eigenvalue weighted by molar-refractivity contribution is 9.10. The average molecular weight is 521 g/mol. The van der Waals surface area contributed by atoms with Crippen molar-refractivity contribution in [3.63, 3.8) is 0 Å². The van der Waals surface area contributed by atoms with E-state index in [2.05, 4.69) is 28.2 Å². The minimum absolute atomic E-state index is 0.187. The molecule has 0 saturated carbocycles. The number of rotatable bonds is 10. The first-order chi connectivity index (χ1) is 16.6. The van der Waals surface area contributed by atoms with Gasteiger partial charge in [0.05, 0.1) is 0 Å². The van der Waals surface area contributed by atoms with Gasteiger partial charge in [-0.05, 0) is 35.7 Å². The zero-order valence-electron chi connectivity index (χ0n) is 19.2. The Kier molecular flexibility index (Phi) is 8.14. The van der Waals surface area contributed by atoms with Crippen molar-refractivity contribution in [1.29, 1.82) is 0 Å². The Morgan fingerprint density at radius 3 is 2.29 bits per heavy atom. The van der Waals surface area contributed by atoms with Gasteiger partial charge in [-0.1, -0.05) is 96.0 Å². The molecule has 176 valence electrons. The second kappa shape index (κ2) is 11.4. The number of epoxide rings is 1. The van der Waals surface area contributed by atoms with Gasteiger partial charge in [-0.2, -0.15) is 0 Å². The zero-order chi connectivity index (χ0) is 23.9. The van der Waals surface area contributed by atoms with Crippen LogP contribution in [0.15, 0.2) is 89.4 Å². The summed E-state index contributed by atoms with van der Waals surface area (Å²) >= 11 is 3.60. The quantitative estimate of drug-likeness (QED) is 0.283. The van der Waals surface area contributed by atoms with Crippen molar-refractivity contribution in [2.75, 3.05) is 6.54 Å². The van der Waals surface area contributed by atoms with E-state index in [4.69, 9.17) is 4.74 Å². The summed E-state index contributed by atoms with van der Waals surface area (Å²) < 4.78 is 7.02. The third kappa shape index (κ3) is 5.75. The molecule has 4 rings (SSSR count). The van der Waals surface area contributed by atoms with Gasteiger partial charge in [0.1, 0.15) is 18.2 Å². The van der Waals surface area contributed by atoms with Crippen molar-refractivity contribution >= 4 is 27.7 Å². The Labute approximate surface area is 209 Å². The summed E-state index contributed by atoms with van der Waals surface area (Å²) in [6.45, 7) is 2.96. The van der Waals surface area contributed by atoms with E-state index in [0.29, 0.717) is 18.7 Å². The predicted octanol–water partition coefficient (Wildman–Crippen LogP) is 5.52. The number of ether oxygens (including phenoxy) is 1. The molecule has 1 fully saturated rings. The molecule has 2 amide bonds. The highest BCUT2D eigenvalue weighted by Gasteiger charge is 2.53. The lowest BCUT2D eigenvalue weighted by Gasteiger charge is -2.30. The fourth-order valence-corrected chi connectivity index (χ4v) is 4.61. The molecule has 3 aromatic carbocycles. The maximum absolute atomic E-state index is 13.7. The number of nitrogens with one attached hydrogen (secondary N) is 1. The maximum Gasteiger partial charge on any atom is 0.254 e. The molecule has 0 spiro atoms. The second-order valence-electron chi connectivity index (χ2n) is 8.42. The number of hydrogen-bond acceptors (Lipinski definition) is 3. The van der Waals surface area contributed by atoms with Crippen molar-refractivity contribution < 1.29 is 14.3 Å². The molecule has 3 atom stereocenters. The molecule has 1 unspecified atom stereocenters. The zero-order valence-corrected chi connectivity index (χ0v) is 20.8. The minimum atomic E-state index is -0.762. The Balaban J connectivity index is 1.69. The standard InChI is InChI=1S/C28H29BrN2O3/c1-2-3-18-30-27(32)24(26-25(34-26)22-16-10-11-17-23(22)29)31(19-20-12-6-4-7-13-20)28(33)21-14-8-5-9-15-21/h4-17,24-26H,2-3,18-19H2,1H3,(H,30,32)/t24?,25-,26-/m1/s1. The molecule has 1 heterocycles. The lowest BCUT2D eigenvalue weighted by atomic mass is 10.0. The van der Waals surface area contributed by atoms with Gasteiger partial charge >= 0.3 is 0 Å². The number of carbonyl (C=O) groups excluding carboxylic acids is 2. The van der Waals surface area contributed by atoms with Crippen LogP contribution in [0.4, 0.5) is 0 Å². The summed E-state index contributed by atoms with van der Waals surface area (Å²) in [6.07, 6.45) is 1.15. The topological polar surface area (TPSA) is 61.9 Å². The molecular weight excluding hydrogens is 492 g/mol. The van der Waals surface area contributed by atoms with E-state index in [1.54, 1.807) is 17.0 Å². The molecule has 34 heavy (non-hydrogen) atoms. The van der Waals surface area contributed by atoms with Crippen molar-refractivity contribution in [2.24, 2.45) is 0 Å². The minimum Gasteiger partial charge on any atom is -0.362 e. The fraction of sp³-hybridized carbons (Fsp3) is 0.286. The van der Waals surface area contributed by atoms with Gasteiger partial charge in [0.25, 0.3) is 5.91 Å². The van der Waals surface area contributed by atoms with E-state index in [0.717, 1.165) is 28.4 Å². The van der Waals surface area contributed by atoms with Gasteiger partial charge in [0.15, 0.2) is 0 Å². The molecule has 1 aliphatic heterocycles. The van der Waals surface area contributed by atoms with Gasteiger partial charge in [0, 0.05) is 23.1 Å². The molecule has 1 N–H and O–H groups in total. The number of nitrogens with zero attached hydrogens (tertiary/aromatic N) is 1. The van der Waals surface area contributed by atoms with Crippen LogP contribution in [0, 0.1) is 0 Å². The lowest BCUT2D eigenvalue weighted by Crippen LogP contribution is -2.52. The van der Waals surface area contributed by atoms with E-state index >= 15 is 0 Å². The van der Waals surface area contributed by atoms with Crippen molar-refractivity contribution in [3.05, 3.63) is 106 Å². The Morgan fingerprint density at radius 1 is 0.971 bits per heavy atom. The third-order valence-corrected chi connectivity index (χ3v) is 6.68. The fourth-order valence-electron chi connectivity index (χ4n) is 4.10. The van der Waals surface area contributed by atoms with Crippen molar-refractivity contribution in [2.45, 2.75) is 44.6 Å². The van der Waals surface area contributed by atoms with E-state index in [1.807, 2.05) is 72.8 Å². The monoisotopic (exact) mass is 520 g/mol. The van der Waals surface area contributed by atoms with E-state index in [-0.39, 0.29) is 17.9 Å². The molecule has 0 radical (unpaired) electrons. The van der Waals surface area contributed by atoms with Crippen LogP contribution in [0.1, 0.15) is 47.4 Å². The molecule has 1 saturated heterocycles. The van der Waals surface area contributed by atoms with Crippen LogP contribution in [0.5, 0.6) is 0 Å². The van der Waals surface area contributed by atoms with E-state index < -0.39 is 12.1 Å². The SMILES string of the molecule is CCCCNC(=O)C([C@H]1O[C@@H]1c1ccccc1Br)N(Cc1ccccc1)C(=O)c1ccccc1. The second-order valence-corrected chi connectivity index (χ2v) is 9.27. The first-order valence-corrected chi connectivity index (χ1v) is 12.5. The van der Waals surface area contributed by atoms with Crippen LogP contribution in [-0.4, -0.2) is 35.4 Å². The largest absolute Gasteiger partial charge is 0.362 e. The highest BCUT2D eigenvalue weighted by Crippen LogP contribution is 2.45. The van der Waals surface area contributed by atoms with Crippen LogP contribution in [0.3, 0.4) is 0 Å². The van der Waals surface area contributed by atoms with Crippen molar-refractivity contribution in [1.82, 2.24) is 10.2 Å². The van der Waals surface area contributed by atoms with Gasteiger partial charge < -0.3 is 15.0 Å². The summed E-state index contributed by atoms with van der Waals surface area (Å²) in [5, 5.41) is 3.04. The summed E-state index contributed by atoms with van der Waals surface area (Å²) in [4.78, 5) is 28.9. The lowest BCUT2D eigenvalue weighted by molar-refractivity contribution is -0.126. The molecular formula is C28H29BrN2O3. The summed E-state index contributed by atoms with van der Waals surface area (Å²) in [7, 11) is 0. The molecule has 0 aromatic heterocycles. The Bertz CT molecular complexity index is 1110. The van der Waals surface area contributed by atoms with Crippen LogP contribution in [0.2, 0.25) is 0 Å². The molecule has 6 heteroatoms. The predicted molar refractivity (Wildman–Crippen MR) is 136 cm³/mol. The summed E-state index contributed by atoms with van der Waals surface area (Å²) in [6, 6.07) is 25.9. The molecule has 5 nitrogen and oxygen atoms in total. The first-order valence-electron chi connectivity index (χ1n) is 11.7. The summed E-state index contributed by atoms with van der Waals surface area (Å²) in [5.41, 5.74) is 2.48. The number of carbonyl (C=O) groups is 2. The normalized spacial score (nSPS) is 17.6. The first kappa shape index (κ1) is 24.2. The van der Waals surface area contributed by atoms with Crippen LogP contribution in [-0.2, 0) is 16.1 Å². The van der Waals surface area contributed by atoms with Crippen LogP contribution in [0.25, 0.3) is 0 Å².